The second-order valence-electron chi connectivity index (χ2n) is 15.3. The van der Waals surface area contributed by atoms with Gasteiger partial charge in [-0.2, -0.15) is 8.78 Å². The zero-order valence-corrected chi connectivity index (χ0v) is 30.8. The van der Waals surface area contributed by atoms with Crippen LogP contribution in [-0.2, 0) is 9.47 Å². The van der Waals surface area contributed by atoms with Crippen LogP contribution in [0.25, 0.3) is 162 Å². The Hall–Kier alpha value is -5.50. The molecule has 16 rings (SSSR count). The van der Waals surface area contributed by atoms with Gasteiger partial charge in [0.1, 0.15) is 6.61 Å². The zero-order chi connectivity index (χ0) is 37.1. The van der Waals surface area contributed by atoms with Crippen LogP contribution >= 0.6 is 0 Å². The van der Waals surface area contributed by atoms with E-state index in [2.05, 4.69) is 75.9 Å². The van der Waals surface area contributed by atoms with E-state index in [9.17, 15) is 8.78 Å². The Morgan fingerprint density at radius 3 is 0.821 bits per heavy atom. The van der Waals surface area contributed by atoms with E-state index < -0.39 is 12.7 Å². The summed E-state index contributed by atoms with van der Waals surface area (Å²) in [6, 6.07) is 24.5. The predicted octanol–water partition coefficient (Wildman–Crippen LogP) is 12.8. The quantitative estimate of drug-likeness (QED) is 0.132. The standard InChI is InChI=1S/C40H10.C6H13F2NO2.C2H6.CH4O.CH4/c1-2-12-14-5-6-16-18-9-10-20-19-8-7-17-15-4-3-13-11(1)21-22(12)32-24(14)26(16)34-29(18)30(20)35-28(19)27(17)33-25(15)23(13)31(21)36-37(32)39(34)40(35)38(33)36;1-2-11-6(7,8)5-10-4-3-9;2*1-2;/h1-10H;2-5,9H2,1H3;1-2H3;2H,1H3;1H4/p+1. The lowest BCUT2D eigenvalue weighted by Crippen LogP contribution is -2.52. The smallest absolute Gasteiger partial charge is 0.379 e. The number of benzene rings is 10. The van der Waals surface area contributed by atoms with Crippen molar-refractivity contribution in [1.82, 2.24) is 0 Å². The minimum Gasteiger partial charge on any atom is -0.400 e. The second-order valence-corrected chi connectivity index (χ2v) is 15.3. The van der Waals surface area contributed by atoms with Gasteiger partial charge in [-0.15, -0.1) is 0 Å². The van der Waals surface area contributed by atoms with E-state index >= 15 is 0 Å². The van der Waals surface area contributed by atoms with Crippen molar-refractivity contribution in [2.24, 2.45) is 0 Å². The van der Waals surface area contributed by atoms with Gasteiger partial charge in [0.15, 0.2) is 0 Å². The first-order chi connectivity index (χ1) is 27.0. The molecule has 4 nitrogen and oxygen atoms in total. The van der Waals surface area contributed by atoms with Crippen LogP contribution in [0.2, 0.25) is 0 Å². The number of alkyl halides is 2. The zero-order valence-electron chi connectivity index (χ0n) is 30.8. The molecule has 0 atom stereocenters. The van der Waals surface area contributed by atoms with Gasteiger partial charge < -0.3 is 20.3 Å². The van der Waals surface area contributed by atoms with Crippen LogP contribution in [0.5, 0.6) is 0 Å². The van der Waals surface area contributed by atoms with Gasteiger partial charge in [0.25, 0.3) is 0 Å². The van der Waals surface area contributed by atoms with Gasteiger partial charge in [-0.1, -0.05) is 81.9 Å². The molecule has 4 N–H and O–H groups in total. The Morgan fingerprint density at radius 2 is 0.643 bits per heavy atom. The molecule has 16 aromatic rings. The van der Waals surface area contributed by atoms with Crippen molar-refractivity contribution in [3.63, 3.8) is 0 Å². The van der Waals surface area contributed by atoms with Crippen LogP contribution < -0.4 is 5.73 Å². The first kappa shape index (κ1) is 32.7. The summed E-state index contributed by atoms with van der Waals surface area (Å²) in [5.41, 5.74) is 3.44. The van der Waals surface area contributed by atoms with Gasteiger partial charge in [-0.25, -0.2) is 0 Å². The van der Waals surface area contributed by atoms with Crippen molar-refractivity contribution in [1.29, 1.82) is 0 Å². The molecule has 0 aliphatic carbocycles. The SMILES string of the molecule is C.CC.CCOC(F)(F)COCC[NH3+].CO.c1cc2c3ccc4c5ccc6c7ccc8c9ccc%10c1c1c2c2c3c4c3c5c6c4c7c8c5c9c%10c1c1c2c3c4c51. The predicted molar refractivity (Wildman–Crippen MR) is 236 cm³/mol. The van der Waals surface area contributed by atoms with E-state index in [1.807, 2.05) is 13.8 Å². The third-order valence-corrected chi connectivity index (χ3v) is 13.4. The highest BCUT2D eigenvalue weighted by atomic mass is 19.3. The van der Waals surface area contributed by atoms with Crippen molar-refractivity contribution in [3.8, 4) is 0 Å². The second kappa shape index (κ2) is 10.3. The molecule has 0 aliphatic rings. The average Bonchev–Trinajstić information content (AvgIpc) is 4.04. The third kappa shape index (κ3) is 3.05. The fourth-order valence-electron chi connectivity index (χ4n) is 12.2. The fraction of sp³-hybridized carbons (Fsp3) is 0.200. The summed E-state index contributed by atoms with van der Waals surface area (Å²) in [5.74, 6) is 0. The van der Waals surface area contributed by atoms with Gasteiger partial charge >= 0.3 is 6.11 Å². The normalized spacial score (nSPS) is 13.6. The number of aliphatic hydroxyl groups is 1. The molecule has 0 spiro atoms. The summed E-state index contributed by atoms with van der Waals surface area (Å²) < 4.78 is 33.4. The molecule has 0 heterocycles. The lowest BCUT2D eigenvalue weighted by atomic mass is 9.90. The summed E-state index contributed by atoms with van der Waals surface area (Å²) >= 11 is 0. The number of halogens is 2. The number of quaternary nitrogens is 1. The first-order valence-corrected chi connectivity index (χ1v) is 19.5. The number of fused-ring (bicyclic) bond motifs is 5. The van der Waals surface area contributed by atoms with E-state index in [4.69, 9.17) is 5.11 Å². The number of hydrogen-bond acceptors (Lipinski definition) is 3. The van der Waals surface area contributed by atoms with Gasteiger partial charge in [-0.05, 0) is 169 Å². The van der Waals surface area contributed by atoms with Gasteiger partial charge in [0.05, 0.1) is 19.8 Å². The molecule has 274 valence electrons. The van der Waals surface area contributed by atoms with Crippen LogP contribution in [0.1, 0.15) is 28.2 Å². The molecule has 0 unspecified atom stereocenters. The van der Waals surface area contributed by atoms with Crippen molar-refractivity contribution in [3.05, 3.63) is 60.7 Å². The van der Waals surface area contributed by atoms with Crippen molar-refractivity contribution < 1.29 is 29.1 Å². The van der Waals surface area contributed by atoms with Crippen LogP contribution in [-0.4, -0.2) is 44.7 Å². The molecule has 0 aliphatic heterocycles. The van der Waals surface area contributed by atoms with Crippen molar-refractivity contribution in [2.45, 2.75) is 34.3 Å². The highest BCUT2D eigenvalue weighted by Gasteiger charge is 2.38. The number of ether oxygens (including phenoxy) is 2. The highest BCUT2D eigenvalue weighted by Crippen LogP contribution is 2.67. The van der Waals surface area contributed by atoms with Crippen LogP contribution in [0.4, 0.5) is 8.78 Å². The topological polar surface area (TPSA) is 66.3 Å². The molecular weight excluding hydrogens is 701 g/mol. The Kier molecular flexibility index (Phi) is 6.00. The van der Waals surface area contributed by atoms with Crippen molar-refractivity contribution in [2.75, 3.05) is 33.5 Å². The largest absolute Gasteiger partial charge is 0.400 e. The maximum atomic E-state index is 12.4. The van der Waals surface area contributed by atoms with Crippen LogP contribution in [0.15, 0.2) is 60.7 Å². The lowest BCUT2D eigenvalue weighted by Gasteiger charge is -2.14. The van der Waals surface area contributed by atoms with E-state index in [0.29, 0.717) is 6.54 Å². The summed E-state index contributed by atoms with van der Waals surface area (Å²) in [7, 11) is 1.00. The molecule has 6 heteroatoms. The minimum atomic E-state index is -3.15. The van der Waals surface area contributed by atoms with Gasteiger partial charge in [0, 0.05) is 7.11 Å². The number of aliphatic hydroxyl groups excluding tert-OH is 1. The Morgan fingerprint density at radius 1 is 0.446 bits per heavy atom. The van der Waals surface area contributed by atoms with Gasteiger partial charge in [0.2, 0.25) is 0 Å². The average molecular weight is 739 g/mol. The lowest BCUT2D eigenvalue weighted by molar-refractivity contribution is -0.377. The summed E-state index contributed by atoms with van der Waals surface area (Å²) in [6.07, 6.45) is -3.15. The van der Waals surface area contributed by atoms with E-state index in [1.54, 1.807) is 53.9 Å². The summed E-state index contributed by atoms with van der Waals surface area (Å²) in [6.45, 7) is 5.54. The molecule has 0 bridgehead atoms. The fourth-order valence-corrected chi connectivity index (χ4v) is 12.2. The highest BCUT2D eigenvalue weighted by molar-refractivity contribution is 6.70. The molecule has 56 heavy (non-hydrogen) atoms. The van der Waals surface area contributed by atoms with E-state index in [0.717, 1.165) is 7.11 Å². The van der Waals surface area contributed by atoms with E-state index in [-0.39, 0.29) is 20.6 Å². The summed E-state index contributed by atoms with van der Waals surface area (Å²) in [4.78, 5) is 0. The maximum Gasteiger partial charge on any atom is 0.379 e. The molecule has 0 aromatic heterocycles. The molecule has 16 aromatic carbocycles. The maximum absolute atomic E-state index is 12.4. The van der Waals surface area contributed by atoms with E-state index in [1.165, 1.54) is 115 Å². The first-order valence-electron chi connectivity index (χ1n) is 19.5. The summed E-state index contributed by atoms with van der Waals surface area (Å²) in [5, 5.41) is 52.5. The molecular formula is C50H38F2NO3+. The Balaban J connectivity index is 0.000000191. The number of rotatable bonds is 6. The molecule has 0 radical (unpaired) electrons. The van der Waals surface area contributed by atoms with Gasteiger partial charge in [-0.3, -0.25) is 0 Å². The molecule has 0 saturated carbocycles. The Labute approximate surface area is 318 Å². The minimum absolute atomic E-state index is 0. The molecule has 0 saturated heterocycles. The monoisotopic (exact) mass is 738 g/mol. The van der Waals surface area contributed by atoms with Crippen LogP contribution in [0, 0.1) is 0 Å². The third-order valence-electron chi connectivity index (χ3n) is 13.4. The Bertz CT molecular complexity index is 3140. The number of hydrogen-bond donors (Lipinski definition) is 2. The van der Waals surface area contributed by atoms with Crippen molar-refractivity contribution >= 4 is 162 Å². The molecule has 0 fully saturated rings. The molecule has 0 amide bonds. The van der Waals surface area contributed by atoms with Crippen LogP contribution in [0.3, 0.4) is 0 Å².